The van der Waals surface area contributed by atoms with Crippen molar-refractivity contribution < 1.29 is 23.0 Å². The summed E-state index contributed by atoms with van der Waals surface area (Å²) in [7, 11) is 3.30. The van der Waals surface area contributed by atoms with Gasteiger partial charge in [-0.3, -0.25) is 0 Å². The summed E-state index contributed by atoms with van der Waals surface area (Å²) in [4.78, 5) is 3.27. The van der Waals surface area contributed by atoms with Gasteiger partial charge < -0.3 is 19.5 Å². The number of nitrogens with zero attached hydrogens (tertiary/aromatic N) is 2. The van der Waals surface area contributed by atoms with Gasteiger partial charge in [0, 0.05) is 41.5 Å². The Morgan fingerprint density at radius 3 is 2.54 bits per heavy atom. The first-order valence-corrected chi connectivity index (χ1v) is 14.0. The third-order valence-electron chi connectivity index (χ3n) is 5.29. The van der Waals surface area contributed by atoms with Crippen LogP contribution in [0.4, 0.5) is 9.57 Å². The molecule has 3 aromatic rings. The summed E-state index contributed by atoms with van der Waals surface area (Å²) in [6, 6.07) is 12.0. The number of aromatic nitrogens is 1. The summed E-state index contributed by atoms with van der Waals surface area (Å²) in [6.45, 7) is 7.19. The van der Waals surface area contributed by atoms with E-state index in [1.807, 2.05) is 50.2 Å². The Morgan fingerprint density at radius 1 is 1.14 bits per heavy atom. The minimum atomic E-state index is 0.0519. The van der Waals surface area contributed by atoms with Crippen LogP contribution >= 0.6 is 35.2 Å². The predicted octanol–water partition coefficient (Wildman–Crippen LogP) is 6.70. The fourth-order valence-electron chi connectivity index (χ4n) is 3.75. The Bertz CT molecular complexity index is 1210. The number of aliphatic hydroxyl groups is 1. The number of halogens is 1. The molecule has 4 rings (SSSR count). The van der Waals surface area contributed by atoms with Crippen molar-refractivity contribution in [3.63, 3.8) is 0 Å². The predicted molar refractivity (Wildman–Crippen MR) is 149 cm³/mol. The van der Waals surface area contributed by atoms with E-state index in [2.05, 4.69) is 28.5 Å². The summed E-state index contributed by atoms with van der Waals surface area (Å²) >= 11 is 3.70. The highest BCUT2D eigenvalue weighted by Gasteiger charge is 2.26. The van der Waals surface area contributed by atoms with E-state index in [-0.39, 0.29) is 6.61 Å². The molecular formula is C26H32FN2O3S3+. The van der Waals surface area contributed by atoms with E-state index in [0.29, 0.717) is 31.0 Å². The van der Waals surface area contributed by atoms with Crippen LogP contribution < -0.4 is 18.9 Å². The van der Waals surface area contributed by atoms with Gasteiger partial charge in [-0.15, -0.1) is 0 Å². The minimum absolute atomic E-state index is 0.0519. The molecule has 0 fully saturated rings. The van der Waals surface area contributed by atoms with Crippen LogP contribution in [-0.4, -0.2) is 38.2 Å². The van der Waals surface area contributed by atoms with E-state index in [4.69, 9.17) is 9.47 Å². The summed E-state index contributed by atoms with van der Waals surface area (Å²) in [5.74, 6) is 1.95. The van der Waals surface area contributed by atoms with Crippen LogP contribution in [0.1, 0.15) is 25.8 Å². The standard InChI is InChI=1S/C24H26FN2O3S3.C2H6/c1-16(12-23-26(8-10-28)19-14-17(29-2)4-6-21(19)32-23)13-24-27(9-11-31-25)20-15-18(30-3)5-7-22(20)33-24;1-2/h4-7,12-15,28H,8-11H2,1-3H3;1-2H3/q+1;. The minimum Gasteiger partial charge on any atom is -0.497 e. The van der Waals surface area contributed by atoms with Crippen LogP contribution in [0.25, 0.3) is 16.3 Å². The van der Waals surface area contributed by atoms with Gasteiger partial charge in [0.15, 0.2) is 6.54 Å². The van der Waals surface area contributed by atoms with Gasteiger partial charge in [-0.2, -0.15) is 8.45 Å². The molecule has 9 heteroatoms. The highest BCUT2D eigenvalue weighted by atomic mass is 32.2. The van der Waals surface area contributed by atoms with Crippen LogP contribution in [-0.2, 0) is 6.54 Å². The number of fused-ring (bicyclic) bond motifs is 2. The first-order chi connectivity index (χ1) is 17.1. The summed E-state index contributed by atoms with van der Waals surface area (Å²) in [5, 5.41) is 11.7. The topological polar surface area (TPSA) is 45.8 Å². The molecule has 0 bridgehead atoms. The number of anilines is 1. The molecule has 0 amide bonds. The van der Waals surface area contributed by atoms with Crippen molar-refractivity contribution in [2.24, 2.45) is 0 Å². The number of allylic oxidation sites excluding steroid dienone is 2. The van der Waals surface area contributed by atoms with Gasteiger partial charge in [-0.1, -0.05) is 36.9 Å². The van der Waals surface area contributed by atoms with Crippen LogP contribution in [0.5, 0.6) is 11.5 Å². The van der Waals surface area contributed by atoms with Crippen LogP contribution in [0.2, 0.25) is 0 Å². The third kappa shape index (κ3) is 6.33. The fraction of sp³-hybridized carbons (Fsp3) is 0.346. The second kappa shape index (κ2) is 13.2. The molecule has 1 aliphatic heterocycles. The normalized spacial score (nSPS) is 14.2. The molecular weight excluding hydrogens is 503 g/mol. The lowest BCUT2D eigenvalue weighted by molar-refractivity contribution is -0.670. The van der Waals surface area contributed by atoms with Crippen molar-refractivity contribution in [1.29, 1.82) is 0 Å². The molecule has 1 aromatic heterocycles. The lowest BCUT2D eigenvalue weighted by Crippen LogP contribution is -2.36. The van der Waals surface area contributed by atoms with Crippen LogP contribution in [0.15, 0.2) is 58.0 Å². The second-order valence-corrected chi connectivity index (χ2v) is 10.2. The van der Waals surface area contributed by atoms with Gasteiger partial charge in [-0.25, -0.2) is 0 Å². The quantitative estimate of drug-likeness (QED) is 0.308. The zero-order chi connectivity index (χ0) is 25.4. The lowest BCUT2D eigenvalue weighted by atomic mass is 10.2. The molecule has 35 heavy (non-hydrogen) atoms. The van der Waals surface area contributed by atoms with Gasteiger partial charge in [0.25, 0.3) is 5.01 Å². The number of methoxy groups -OCH3 is 2. The highest BCUT2D eigenvalue weighted by molar-refractivity contribution is 8.03. The summed E-state index contributed by atoms with van der Waals surface area (Å²) in [5.41, 5.74) is 3.15. The van der Waals surface area contributed by atoms with Crippen molar-refractivity contribution in [2.75, 3.05) is 38.0 Å². The van der Waals surface area contributed by atoms with Crippen LogP contribution in [0.3, 0.4) is 0 Å². The van der Waals surface area contributed by atoms with Crippen molar-refractivity contribution in [2.45, 2.75) is 32.2 Å². The van der Waals surface area contributed by atoms with Gasteiger partial charge >= 0.3 is 0 Å². The van der Waals surface area contributed by atoms with E-state index in [1.165, 1.54) is 0 Å². The highest BCUT2D eigenvalue weighted by Crippen LogP contribution is 2.47. The number of hydrogen-bond acceptors (Lipinski definition) is 7. The lowest BCUT2D eigenvalue weighted by Gasteiger charge is -2.20. The van der Waals surface area contributed by atoms with E-state index < -0.39 is 0 Å². The van der Waals surface area contributed by atoms with Gasteiger partial charge in [-0.05, 0) is 42.8 Å². The van der Waals surface area contributed by atoms with Crippen molar-refractivity contribution >= 4 is 57.2 Å². The SMILES string of the molecule is CC.COc1ccc2c(c1)N(CCSF)/C(=C/C(C)=C/c1sc3ccc(OC)cc3[n+]1CCO)S2. The Balaban J connectivity index is 0.00000167. The van der Waals surface area contributed by atoms with Gasteiger partial charge in [0.05, 0.1) is 31.0 Å². The van der Waals surface area contributed by atoms with Crippen LogP contribution in [0, 0.1) is 0 Å². The molecule has 2 heterocycles. The zero-order valence-electron chi connectivity index (χ0n) is 20.7. The molecule has 0 saturated heterocycles. The first-order valence-electron chi connectivity index (χ1n) is 11.5. The molecule has 5 nitrogen and oxygen atoms in total. The molecule has 2 aromatic carbocycles. The van der Waals surface area contributed by atoms with E-state index in [0.717, 1.165) is 47.9 Å². The maximum atomic E-state index is 12.9. The van der Waals surface area contributed by atoms with Crippen molar-refractivity contribution in [1.82, 2.24) is 0 Å². The molecule has 0 radical (unpaired) electrons. The average molecular weight is 536 g/mol. The van der Waals surface area contributed by atoms with Gasteiger partial charge in [0.1, 0.15) is 22.8 Å². The molecule has 1 N–H and O–H groups in total. The van der Waals surface area contributed by atoms with E-state index in [1.54, 1.807) is 37.3 Å². The molecule has 0 spiro atoms. The first kappa shape index (κ1) is 27.4. The number of hydrogen-bond donors (Lipinski definition) is 1. The largest absolute Gasteiger partial charge is 0.497 e. The fourth-order valence-corrected chi connectivity index (χ4v) is 6.36. The number of thiazole rings is 1. The number of thioether (sulfide) groups is 1. The number of aliphatic hydroxyl groups excluding tert-OH is 1. The third-order valence-corrected chi connectivity index (χ3v) is 7.85. The Hall–Kier alpha value is -2.20. The maximum absolute atomic E-state index is 12.9. The Labute approximate surface area is 219 Å². The average Bonchev–Trinajstić information content (AvgIpc) is 3.39. The summed E-state index contributed by atoms with van der Waals surface area (Å²) < 4.78 is 26.9. The smallest absolute Gasteiger partial charge is 0.263 e. The molecule has 188 valence electrons. The maximum Gasteiger partial charge on any atom is 0.263 e. The van der Waals surface area contributed by atoms with Gasteiger partial charge in [0.2, 0.25) is 5.52 Å². The zero-order valence-corrected chi connectivity index (χ0v) is 23.2. The number of benzene rings is 2. The monoisotopic (exact) mass is 535 g/mol. The molecule has 0 aliphatic carbocycles. The molecule has 1 aliphatic rings. The molecule has 0 atom stereocenters. The van der Waals surface area contributed by atoms with E-state index >= 15 is 0 Å². The number of rotatable bonds is 9. The second-order valence-electron chi connectivity index (χ2n) is 7.42. The molecule has 0 saturated carbocycles. The number of ether oxygens (including phenoxy) is 2. The molecule has 0 unspecified atom stereocenters. The Morgan fingerprint density at radius 2 is 1.86 bits per heavy atom. The van der Waals surface area contributed by atoms with Crippen molar-refractivity contribution in [3.05, 3.63) is 58.1 Å². The summed E-state index contributed by atoms with van der Waals surface area (Å²) in [6.07, 6.45) is 4.26. The van der Waals surface area contributed by atoms with E-state index in [9.17, 15) is 8.99 Å². The van der Waals surface area contributed by atoms with Crippen molar-refractivity contribution in [3.8, 4) is 11.5 Å². The Kier molecular flexibility index (Phi) is 10.3.